The summed E-state index contributed by atoms with van der Waals surface area (Å²) in [5.74, 6) is -1.85. The average molecular weight is 443 g/mol. The van der Waals surface area contributed by atoms with Gasteiger partial charge in [0.15, 0.2) is 11.6 Å². The standard InChI is InChI=1S/C22H23F2N5O3/c1-11-2-3-13-18(25)20(32-22(13)27-11)21(30)28-12-8-14-15(23)9-16(17(24)19(14)31-10-12)29-6-4-26-5-7-29/h2-3,9,12,26H,4-8,10,25H2,1H3,(H,28,30)/t12-/m1/s1. The predicted molar refractivity (Wildman–Crippen MR) is 115 cm³/mol. The fourth-order valence-corrected chi connectivity index (χ4v) is 4.20. The van der Waals surface area contributed by atoms with Crippen LogP contribution in [0.3, 0.4) is 0 Å². The zero-order valence-corrected chi connectivity index (χ0v) is 17.5. The van der Waals surface area contributed by atoms with E-state index >= 15 is 4.39 Å². The lowest BCUT2D eigenvalue weighted by Crippen LogP contribution is -2.45. The highest BCUT2D eigenvalue weighted by Gasteiger charge is 2.31. The van der Waals surface area contributed by atoms with Gasteiger partial charge in [0.2, 0.25) is 11.5 Å². The van der Waals surface area contributed by atoms with Crippen LogP contribution in [0.5, 0.6) is 5.75 Å². The number of halogens is 2. The first-order valence-corrected chi connectivity index (χ1v) is 10.5. The van der Waals surface area contributed by atoms with Crippen molar-refractivity contribution >= 4 is 28.4 Å². The summed E-state index contributed by atoms with van der Waals surface area (Å²) in [4.78, 5) is 18.8. The molecule has 10 heteroatoms. The molecule has 3 aromatic rings. The molecular weight excluding hydrogens is 420 g/mol. The third-order valence-corrected chi connectivity index (χ3v) is 5.86. The van der Waals surface area contributed by atoms with E-state index in [0.717, 1.165) is 5.69 Å². The largest absolute Gasteiger partial charge is 0.488 e. The number of nitrogens with zero attached hydrogens (tertiary/aromatic N) is 2. The van der Waals surface area contributed by atoms with E-state index < -0.39 is 23.6 Å². The zero-order valence-electron chi connectivity index (χ0n) is 17.5. The number of carbonyl (C=O) groups is 1. The van der Waals surface area contributed by atoms with Crippen molar-refractivity contribution in [2.75, 3.05) is 43.4 Å². The van der Waals surface area contributed by atoms with Crippen LogP contribution in [-0.4, -0.2) is 49.7 Å². The second-order valence-electron chi connectivity index (χ2n) is 8.07. The summed E-state index contributed by atoms with van der Waals surface area (Å²) in [5.41, 5.74) is 7.54. The van der Waals surface area contributed by atoms with Crippen LogP contribution in [0.4, 0.5) is 20.2 Å². The molecule has 1 atom stereocenters. The van der Waals surface area contributed by atoms with Gasteiger partial charge >= 0.3 is 0 Å². The quantitative estimate of drug-likeness (QED) is 0.570. The second kappa shape index (κ2) is 7.94. The summed E-state index contributed by atoms with van der Waals surface area (Å²) in [6, 6.07) is 4.14. The average Bonchev–Trinajstić information content (AvgIpc) is 3.12. The van der Waals surface area contributed by atoms with Gasteiger partial charge in [-0.1, -0.05) is 0 Å². The fourth-order valence-electron chi connectivity index (χ4n) is 4.20. The summed E-state index contributed by atoms with van der Waals surface area (Å²) < 4.78 is 41.1. The molecule has 1 aromatic carbocycles. The number of aromatic nitrogens is 1. The van der Waals surface area contributed by atoms with Gasteiger partial charge < -0.3 is 30.4 Å². The molecule has 0 saturated carbocycles. The summed E-state index contributed by atoms with van der Waals surface area (Å²) in [5, 5.41) is 6.47. The number of piperazine rings is 1. The molecule has 0 spiro atoms. The maximum absolute atomic E-state index is 15.1. The van der Waals surface area contributed by atoms with Gasteiger partial charge in [-0.25, -0.2) is 13.8 Å². The monoisotopic (exact) mass is 443 g/mol. The minimum atomic E-state index is -0.573. The molecule has 5 rings (SSSR count). The fraction of sp³-hybridized carbons (Fsp3) is 0.364. The number of aryl methyl sites for hydroxylation is 1. The molecular formula is C22H23F2N5O3. The Labute approximate surface area is 182 Å². The molecule has 4 N–H and O–H groups in total. The van der Waals surface area contributed by atoms with Gasteiger partial charge in [-0.05, 0) is 19.1 Å². The van der Waals surface area contributed by atoms with Crippen molar-refractivity contribution in [2.24, 2.45) is 0 Å². The Bertz CT molecular complexity index is 1210. The van der Waals surface area contributed by atoms with Crippen LogP contribution in [0.25, 0.3) is 11.1 Å². The van der Waals surface area contributed by atoms with Gasteiger partial charge in [-0.2, -0.15) is 0 Å². The van der Waals surface area contributed by atoms with Crippen LogP contribution in [-0.2, 0) is 6.42 Å². The van der Waals surface area contributed by atoms with E-state index in [1.807, 2.05) is 0 Å². The maximum atomic E-state index is 15.1. The molecule has 2 aliphatic heterocycles. The number of fused-ring (bicyclic) bond motifs is 2. The highest BCUT2D eigenvalue weighted by molar-refractivity contribution is 6.04. The molecule has 0 unspecified atom stereocenters. The van der Waals surface area contributed by atoms with Gasteiger partial charge in [0.1, 0.15) is 12.4 Å². The van der Waals surface area contributed by atoms with Gasteiger partial charge in [0, 0.05) is 49.9 Å². The Morgan fingerprint density at radius 3 is 2.88 bits per heavy atom. The summed E-state index contributed by atoms with van der Waals surface area (Å²) in [6.07, 6.45) is 0.0865. The van der Waals surface area contributed by atoms with Crippen LogP contribution >= 0.6 is 0 Å². The molecule has 1 fully saturated rings. The molecule has 168 valence electrons. The number of nitrogens with two attached hydrogens (primary N) is 1. The van der Waals surface area contributed by atoms with Crippen molar-refractivity contribution in [1.29, 1.82) is 0 Å². The number of nitrogens with one attached hydrogen (secondary N) is 2. The first-order valence-electron chi connectivity index (χ1n) is 10.5. The lowest BCUT2D eigenvalue weighted by Gasteiger charge is -2.32. The van der Waals surface area contributed by atoms with E-state index in [2.05, 4.69) is 15.6 Å². The Morgan fingerprint density at radius 2 is 2.09 bits per heavy atom. The van der Waals surface area contributed by atoms with Crippen molar-refractivity contribution in [2.45, 2.75) is 19.4 Å². The van der Waals surface area contributed by atoms with Crippen LogP contribution in [0.1, 0.15) is 21.8 Å². The Morgan fingerprint density at radius 1 is 1.31 bits per heavy atom. The second-order valence-corrected chi connectivity index (χ2v) is 8.07. The van der Waals surface area contributed by atoms with E-state index in [4.69, 9.17) is 14.9 Å². The van der Waals surface area contributed by atoms with E-state index in [9.17, 15) is 9.18 Å². The predicted octanol–water partition coefficient (Wildman–Crippen LogP) is 2.14. The third kappa shape index (κ3) is 3.50. The number of anilines is 2. The molecule has 2 aliphatic rings. The number of amides is 1. The van der Waals surface area contributed by atoms with Crippen LogP contribution in [0.15, 0.2) is 22.6 Å². The maximum Gasteiger partial charge on any atom is 0.289 e. The lowest BCUT2D eigenvalue weighted by molar-refractivity contribution is 0.0888. The number of ether oxygens (including phenoxy) is 1. The van der Waals surface area contributed by atoms with Crippen LogP contribution < -0.4 is 26.0 Å². The lowest BCUT2D eigenvalue weighted by atomic mass is 10.00. The number of pyridine rings is 1. The highest BCUT2D eigenvalue weighted by atomic mass is 19.1. The first-order chi connectivity index (χ1) is 15.4. The van der Waals surface area contributed by atoms with Crippen molar-refractivity contribution in [3.05, 3.63) is 46.9 Å². The minimum absolute atomic E-state index is 0.00238. The Balaban J connectivity index is 1.36. The number of hydrogen-bond acceptors (Lipinski definition) is 7. The van der Waals surface area contributed by atoms with E-state index in [0.29, 0.717) is 31.6 Å². The summed E-state index contributed by atoms with van der Waals surface area (Å²) in [7, 11) is 0. The molecule has 0 radical (unpaired) electrons. The number of benzene rings is 1. The van der Waals surface area contributed by atoms with Gasteiger partial charge in [0.05, 0.1) is 22.8 Å². The number of nitrogen functional groups attached to an aromatic ring is 1. The molecule has 32 heavy (non-hydrogen) atoms. The molecule has 0 bridgehead atoms. The van der Waals surface area contributed by atoms with E-state index in [1.54, 1.807) is 24.0 Å². The number of carbonyl (C=O) groups excluding carboxylic acids is 1. The molecule has 8 nitrogen and oxygen atoms in total. The van der Waals surface area contributed by atoms with Crippen molar-refractivity contribution in [3.8, 4) is 5.75 Å². The molecule has 2 aromatic heterocycles. The molecule has 1 saturated heterocycles. The normalized spacial score (nSPS) is 18.3. The van der Waals surface area contributed by atoms with Gasteiger partial charge in [0.25, 0.3) is 5.91 Å². The molecule has 0 aliphatic carbocycles. The van der Waals surface area contributed by atoms with E-state index in [-0.39, 0.29) is 47.2 Å². The number of furan rings is 1. The number of hydrogen-bond donors (Lipinski definition) is 3. The van der Waals surface area contributed by atoms with Crippen molar-refractivity contribution in [3.63, 3.8) is 0 Å². The van der Waals surface area contributed by atoms with E-state index in [1.165, 1.54) is 6.07 Å². The minimum Gasteiger partial charge on any atom is -0.488 e. The summed E-state index contributed by atoms with van der Waals surface area (Å²) in [6.45, 7) is 4.37. The van der Waals surface area contributed by atoms with Crippen LogP contribution in [0.2, 0.25) is 0 Å². The SMILES string of the molecule is Cc1ccc2c(N)c(C(=O)N[C@H]3COc4c(F)c(N5CCNCC5)cc(F)c4C3)oc2n1. The highest BCUT2D eigenvalue weighted by Crippen LogP contribution is 2.37. The van der Waals surface area contributed by atoms with Crippen molar-refractivity contribution < 1.29 is 22.7 Å². The molecule has 1 amide bonds. The topological polar surface area (TPSA) is 106 Å². The van der Waals surface area contributed by atoms with Crippen molar-refractivity contribution in [1.82, 2.24) is 15.6 Å². The first kappa shape index (κ1) is 20.5. The van der Waals surface area contributed by atoms with Crippen LogP contribution in [0, 0.1) is 18.6 Å². The smallest absolute Gasteiger partial charge is 0.289 e. The summed E-state index contributed by atoms with van der Waals surface area (Å²) >= 11 is 0. The van der Waals surface area contributed by atoms with Gasteiger partial charge in [-0.15, -0.1) is 0 Å². The Kier molecular flexibility index (Phi) is 5.09. The van der Waals surface area contributed by atoms with Gasteiger partial charge in [-0.3, -0.25) is 4.79 Å². The molecule has 4 heterocycles. The third-order valence-electron chi connectivity index (χ3n) is 5.86. The Hall–Kier alpha value is -3.40. The zero-order chi connectivity index (χ0) is 22.4. The number of rotatable bonds is 3.